The Morgan fingerprint density at radius 2 is 1.85 bits per heavy atom. The number of hydrogen-bond acceptors (Lipinski definition) is 4. The van der Waals surface area contributed by atoms with Gasteiger partial charge in [-0.05, 0) is 48.6 Å². The number of nitrogens with one attached hydrogen (secondary N) is 2. The maximum atomic E-state index is 14.8. The largest absolute Gasteiger partial charge is 0.359 e. The van der Waals surface area contributed by atoms with Crippen LogP contribution in [0.15, 0.2) is 60.7 Å². The molecule has 40 heavy (non-hydrogen) atoms. The minimum atomic E-state index is -1.32. The third-order valence-electron chi connectivity index (χ3n) is 9.37. The highest BCUT2D eigenvalue weighted by Crippen LogP contribution is 2.55. The Kier molecular flexibility index (Phi) is 6.95. The average Bonchev–Trinajstić information content (AvgIpc) is 3.57. The van der Waals surface area contributed by atoms with E-state index in [1.807, 2.05) is 0 Å². The second-order valence-corrected chi connectivity index (χ2v) is 12.1. The summed E-state index contributed by atoms with van der Waals surface area (Å²) in [6.45, 7) is 4.23. The lowest BCUT2D eigenvalue weighted by Crippen LogP contribution is -2.57. The first-order valence-corrected chi connectivity index (χ1v) is 14.4. The van der Waals surface area contributed by atoms with Crippen LogP contribution < -0.4 is 10.6 Å². The second-order valence-electron chi connectivity index (χ2n) is 11.6. The first kappa shape index (κ1) is 27.0. The van der Waals surface area contributed by atoms with Crippen LogP contribution in [0.2, 0.25) is 5.02 Å². The van der Waals surface area contributed by atoms with Crippen LogP contribution >= 0.6 is 11.6 Å². The maximum Gasteiger partial charge on any atom is 0.246 e. The molecule has 8 unspecified atom stereocenters. The van der Waals surface area contributed by atoms with Gasteiger partial charge in [0.05, 0.1) is 17.9 Å². The van der Waals surface area contributed by atoms with Gasteiger partial charge in [0, 0.05) is 28.9 Å². The van der Waals surface area contributed by atoms with Crippen molar-refractivity contribution in [3.8, 4) is 0 Å². The van der Waals surface area contributed by atoms with E-state index in [9.17, 15) is 18.8 Å². The fourth-order valence-electron chi connectivity index (χ4n) is 7.05. The minimum absolute atomic E-state index is 0.0382. The van der Waals surface area contributed by atoms with Gasteiger partial charge in [0.1, 0.15) is 17.5 Å². The molecule has 2 N–H and O–H groups in total. The lowest BCUT2D eigenvalue weighted by molar-refractivity contribution is -0.142. The van der Waals surface area contributed by atoms with Crippen molar-refractivity contribution in [3.63, 3.8) is 0 Å². The molecule has 1 aliphatic carbocycles. The number of hydrogen-bond donors (Lipinski definition) is 2. The summed E-state index contributed by atoms with van der Waals surface area (Å²) in [6, 6.07) is 11.8. The van der Waals surface area contributed by atoms with Crippen LogP contribution in [0, 0.1) is 29.5 Å². The van der Waals surface area contributed by atoms with Crippen molar-refractivity contribution in [2.24, 2.45) is 23.7 Å². The van der Waals surface area contributed by atoms with Crippen molar-refractivity contribution in [1.82, 2.24) is 10.2 Å². The standard InChI is InChI=1S/C31H33ClFN3O4/c1-17-6-5-9-23(18(17)2)35-29(38)27-31-15-14-24(40-31)25(28(37)34-21-12-10-20(32)11-13-21)26(31)30(39)36(27)16-19-7-3-4-8-22(19)33/h3-4,7-8,10-15,17-18,23-27H,5-6,9,16H2,1-2H3,(H,34,37)(H,35,38). The Labute approximate surface area is 238 Å². The number of likely N-dealkylation sites (tertiary alicyclic amines) is 1. The Hall–Kier alpha value is -3.23. The quantitative estimate of drug-likeness (QED) is 0.497. The number of fused-ring (bicyclic) bond motifs is 1. The van der Waals surface area contributed by atoms with Gasteiger partial charge in [0.25, 0.3) is 0 Å². The zero-order valence-corrected chi connectivity index (χ0v) is 23.2. The molecule has 7 nitrogen and oxygen atoms in total. The van der Waals surface area contributed by atoms with E-state index >= 15 is 0 Å². The Balaban J connectivity index is 1.33. The van der Waals surface area contributed by atoms with Crippen LogP contribution in [-0.2, 0) is 25.7 Å². The van der Waals surface area contributed by atoms with E-state index < -0.39 is 41.3 Å². The van der Waals surface area contributed by atoms with Crippen LogP contribution in [0.1, 0.15) is 38.7 Å². The molecule has 0 aromatic heterocycles. The maximum absolute atomic E-state index is 14.8. The highest BCUT2D eigenvalue weighted by atomic mass is 35.5. The van der Waals surface area contributed by atoms with Gasteiger partial charge in [-0.1, -0.05) is 68.6 Å². The zero-order valence-electron chi connectivity index (χ0n) is 22.5. The number of ether oxygens (including phenoxy) is 1. The van der Waals surface area contributed by atoms with Crippen molar-refractivity contribution >= 4 is 35.0 Å². The van der Waals surface area contributed by atoms with Gasteiger partial charge in [-0.15, -0.1) is 0 Å². The van der Waals surface area contributed by atoms with Gasteiger partial charge in [0.15, 0.2) is 0 Å². The highest BCUT2D eigenvalue weighted by Gasteiger charge is 2.72. The van der Waals surface area contributed by atoms with Crippen molar-refractivity contribution in [2.75, 3.05) is 5.32 Å². The van der Waals surface area contributed by atoms with Crippen LogP contribution in [0.3, 0.4) is 0 Å². The van der Waals surface area contributed by atoms with Gasteiger partial charge < -0.3 is 20.3 Å². The van der Waals surface area contributed by atoms with E-state index in [2.05, 4.69) is 24.5 Å². The number of carbonyl (C=O) groups is 3. The molecule has 2 saturated heterocycles. The second kappa shape index (κ2) is 10.3. The van der Waals surface area contributed by atoms with E-state index in [1.165, 1.54) is 11.0 Å². The average molecular weight is 566 g/mol. The lowest BCUT2D eigenvalue weighted by atomic mass is 9.73. The van der Waals surface area contributed by atoms with Crippen LogP contribution in [-0.4, -0.2) is 46.4 Å². The Morgan fingerprint density at radius 1 is 1.10 bits per heavy atom. The van der Waals surface area contributed by atoms with E-state index in [-0.39, 0.29) is 30.3 Å². The number of halogens is 2. The lowest BCUT2D eigenvalue weighted by Gasteiger charge is -2.38. The van der Waals surface area contributed by atoms with Gasteiger partial charge >= 0.3 is 0 Å². The van der Waals surface area contributed by atoms with E-state index in [4.69, 9.17) is 16.3 Å². The van der Waals surface area contributed by atoms with Gasteiger partial charge in [0.2, 0.25) is 17.7 Å². The molecule has 3 heterocycles. The van der Waals surface area contributed by atoms with Gasteiger partial charge in [-0.25, -0.2) is 4.39 Å². The van der Waals surface area contributed by atoms with Crippen molar-refractivity contribution in [2.45, 2.75) is 63.4 Å². The summed E-state index contributed by atoms with van der Waals surface area (Å²) >= 11 is 5.99. The Morgan fingerprint density at radius 3 is 2.60 bits per heavy atom. The summed E-state index contributed by atoms with van der Waals surface area (Å²) < 4.78 is 21.2. The molecule has 3 fully saturated rings. The van der Waals surface area contributed by atoms with Crippen molar-refractivity contribution in [3.05, 3.63) is 77.1 Å². The smallest absolute Gasteiger partial charge is 0.246 e. The van der Waals surface area contributed by atoms with Crippen LogP contribution in [0.5, 0.6) is 0 Å². The predicted octanol–water partition coefficient (Wildman–Crippen LogP) is 4.71. The third kappa shape index (κ3) is 4.41. The number of anilines is 1. The molecule has 3 aliphatic heterocycles. The molecule has 6 rings (SSSR count). The zero-order chi connectivity index (χ0) is 28.2. The highest BCUT2D eigenvalue weighted by molar-refractivity contribution is 6.30. The molecule has 2 aromatic carbocycles. The van der Waals surface area contributed by atoms with Crippen molar-refractivity contribution < 1.29 is 23.5 Å². The number of rotatable bonds is 6. The monoisotopic (exact) mass is 565 g/mol. The molecule has 210 valence electrons. The number of amides is 3. The first-order chi connectivity index (χ1) is 19.2. The fourth-order valence-corrected chi connectivity index (χ4v) is 7.18. The third-order valence-corrected chi connectivity index (χ3v) is 9.62. The van der Waals surface area contributed by atoms with Crippen LogP contribution in [0.4, 0.5) is 10.1 Å². The molecule has 1 saturated carbocycles. The molecule has 2 bridgehead atoms. The normalized spacial score (nSPS) is 34.1. The molecule has 0 radical (unpaired) electrons. The SMILES string of the molecule is CC1CCCC(NC(=O)C2N(Cc3ccccc3F)C(=O)C3C(C(=O)Nc4ccc(Cl)cc4)C4C=CC32O4)C1C. The summed E-state index contributed by atoms with van der Waals surface area (Å²) in [4.78, 5) is 43.2. The molecular formula is C31H33ClFN3O4. The number of carbonyl (C=O) groups excluding carboxylic acids is 3. The molecule has 3 amide bonds. The number of benzene rings is 2. The molecule has 8 atom stereocenters. The summed E-state index contributed by atoms with van der Waals surface area (Å²) in [6.07, 6.45) is 5.86. The summed E-state index contributed by atoms with van der Waals surface area (Å²) in [7, 11) is 0. The van der Waals surface area contributed by atoms with Gasteiger partial charge in [-0.3, -0.25) is 14.4 Å². The molecule has 2 aromatic rings. The van der Waals surface area contributed by atoms with E-state index in [1.54, 1.807) is 54.6 Å². The van der Waals surface area contributed by atoms with Gasteiger partial charge in [-0.2, -0.15) is 0 Å². The minimum Gasteiger partial charge on any atom is -0.359 e. The summed E-state index contributed by atoms with van der Waals surface area (Å²) in [5.74, 6) is -2.59. The van der Waals surface area contributed by atoms with E-state index in [0.717, 1.165) is 19.3 Å². The summed E-state index contributed by atoms with van der Waals surface area (Å²) in [5, 5.41) is 6.63. The topological polar surface area (TPSA) is 87.7 Å². The molecular weight excluding hydrogens is 533 g/mol. The summed E-state index contributed by atoms with van der Waals surface area (Å²) in [5.41, 5.74) is -0.480. The Bertz CT molecular complexity index is 1370. The van der Waals surface area contributed by atoms with Crippen LogP contribution in [0.25, 0.3) is 0 Å². The number of nitrogens with zero attached hydrogens (tertiary/aromatic N) is 1. The van der Waals surface area contributed by atoms with Crippen molar-refractivity contribution in [1.29, 1.82) is 0 Å². The fraction of sp³-hybridized carbons (Fsp3) is 0.452. The van der Waals surface area contributed by atoms with E-state index in [0.29, 0.717) is 22.2 Å². The first-order valence-electron chi connectivity index (χ1n) is 14.0. The molecule has 1 spiro atoms. The molecule has 9 heteroatoms. The molecule has 4 aliphatic rings. The predicted molar refractivity (Wildman–Crippen MR) is 149 cm³/mol.